The second-order valence-corrected chi connectivity index (χ2v) is 8.99. The number of allylic oxidation sites excluding steroid dienone is 2. The molecule has 0 bridgehead atoms. The van der Waals surface area contributed by atoms with Gasteiger partial charge in [0, 0.05) is 12.5 Å². The second kappa shape index (κ2) is 9.43. The Labute approximate surface area is 174 Å². The van der Waals surface area contributed by atoms with Gasteiger partial charge in [0.15, 0.2) is 0 Å². The van der Waals surface area contributed by atoms with E-state index < -0.39 is 23.6 Å². The van der Waals surface area contributed by atoms with Gasteiger partial charge in [-0.25, -0.2) is 4.79 Å². The Balaban J connectivity index is 2.25. The van der Waals surface area contributed by atoms with Crippen molar-refractivity contribution in [1.29, 1.82) is 0 Å². The van der Waals surface area contributed by atoms with Crippen LogP contribution in [0.3, 0.4) is 0 Å². The molecule has 1 fully saturated rings. The molecule has 164 valence electrons. The quantitative estimate of drug-likeness (QED) is 0.330. The van der Waals surface area contributed by atoms with Crippen molar-refractivity contribution in [1.82, 2.24) is 0 Å². The van der Waals surface area contributed by atoms with E-state index in [1.807, 2.05) is 0 Å². The predicted molar refractivity (Wildman–Crippen MR) is 110 cm³/mol. The molecule has 0 radical (unpaired) electrons. The van der Waals surface area contributed by atoms with Gasteiger partial charge >= 0.3 is 11.9 Å². The van der Waals surface area contributed by atoms with Crippen LogP contribution in [0.2, 0.25) is 0 Å². The Hall–Kier alpha value is -1.66. The third-order valence-corrected chi connectivity index (χ3v) is 6.41. The molecule has 0 amide bonds. The highest BCUT2D eigenvalue weighted by atomic mass is 16.6. The van der Waals surface area contributed by atoms with Crippen molar-refractivity contribution >= 4 is 11.9 Å². The maximum Gasteiger partial charge on any atom is 0.333 e. The summed E-state index contributed by atoms with van der Waals surface area (Å²) in [4.78, 5) is 23.7. The van der Waals surface area contributed by atoms with Crippen LogP contribution in [-0.2, 0) is 23.8 Å². The molecule has 5 atom stereocenters. The molecular formula is C23H36O6. The van der Waals surface area contributed by atoms with Gasteiger partial charge in [-0.3, -0.25) is 4.79 Å². The molecule has 2 aliphatic rings. The van der Waals surface area contributed by atoms with E-state index in [0.29, 0.717) is 31.3 Å². The van der Waals surface area contributed by atoms with Crippen LogP contribution >= 0.6 is 0 Å². The first-order valence-corrected chi connectivity index (χ1v) is 10.5. The van der Waals surface area contributed by atoms with Crippen LogP contribution in [0, 0.1) is 5.92 Å². The highest BCUT2D eigenvalue weighted by molar-refractivity contribution is 5.88. The largest absolute Gasteiger partial charge is 0.466 e. The molecule has 2 rings (SSSR count). The zero-order chi connectivity index (χ0) is 21.8. The number of hydrogen-bond donors (Lipinski definition) is 1. The van der Waals surface area contributed by atoms with Gasteiger partial charge in [0.05, 0.1) is 24.4 Å². The van der Waals surface area contributed by atoms with Crippen LogP contribution in [0.15, 0.2) is 23.8 Å². The number of ether oxygens (including phenoxy) is 3. The van der Waals surface area contributed by atoms with Gasteiger partial charge < -0.3 is 19.3 Å². The summed E-state index contributed by atoms with van der Waals surface area (Å²) in [5.74, 6) is -1.01. The fourth-order valence-electron chi connectivity index (χ4n) is 4.19. The van der Waals surface area contributed by atoms with E-state index in [-0.39, 0.29) is 17.6 Å². The fourth-order valence-corrected chi connectivity index (χ4v) is 4.19. The summed E-state index contributed by atoms with van der Waals surface area (Å²) >= 11 is 0. The van der Waals surface area contributed by atoms with Gasteiger partial charge in [-0.1, -0.05) is 18.2 Å². The lowest BCUT2D eigenvalue weighted by atomic mass is 9.81. The van der Waals surface area contributed by atoms with E-state index in [9.17, 15) is 14.7 Å². The molecule has 0 saturated carbocycles. The Bertz CT molecular complexity index is 664. The first-order valence-electron chi connectivity index (χ1n) is 10.5. The zero-order valence-electron chi connectivity index (χ0n) is 18.5. The lowest BCUT2D eigenvalue weighted by molar-refractivity contribution is -0.163. The van der Waals surface area contributed by atoms with Crippen molar-refractivity contribution in [3.05, 3.63) is 23.8 Å². The minimum absolute atomic E-state index is 0.0553. The molecule has 0 unspecified atom stereocenters. The normalized spacial score (nSPS) is 37.9. The van der Waals surface area contributed by atoms with Gasteiger partial charge in [0.25, 0.3) is 0 Å². The highest BCUT2D eigenvalue weighted by Crippen LogP contribution is 2.46. The van der Waals surface area contributed by atoms with Crippen molar-refractivity contribution in [2.75, 3.05) is 7.11 Å². The molecule has 6 nitrogen and oxygen atoms in total. The Kier molecular flexibility index (Phi) is 7.68. The van der Waals surface area contributed by atoms with E-state index in [2.05, 4.69) is 26.5 Å². The van der Waals surface area contributed by atoms with Gasteiger partial charge in [0.2, 0.25) is 0 Å². The van der Waals surface area contributed by atoms with Crippen molar-refractivity contribution in [2.45, 2.75) is 96.1 Å². The molecule has 1 saturated heterocycles. The Morgan fingerprint density at radius 1 is 1.28 bits per heavy atom. The molecule has 0 spiro atoms. The SMILES string of the molecule is C=C(C(=O)OC)[C@@H]1CC[C@@](C)(O)[C@H](OC(C)=O)CC/C(C)=C/CC[C@]2(C)O[C@H]2C1. The molecule has 1 heterocycles. The summed E-state index contributed by atoms with van der Waals surface area (Å²) in [6.07, 6.45) is 6.30. The molecule has 1 N–H and O–H groups in total. The zero-order valence-corrected chi connectivity index (χ0v) is 18.5. The van der Waals surface area contributed by atoms with E-state index in [4.69, 9.17) is 14.2 Å². The molecule has 29 heavy (non-hydrogen) atoms. The lowest BCUT2D eigenvalue weighted by Gasteiger charge is -2.34. The van der Waals surface area contributed by atoms with Gasteiger partial charge in [0.1, 0.15) is 6.10 Å². The van der Waals surface area contributed by atoms with Crippen molar-refractivity contribution in [2.24, 2.45) is 5.92 Å². The Morgan fingerprint density at radius 2 is 1.97 bits per heavy atom. The number of hydrogen-bond acceptors (Lipinski definition) is 6. The van der Waals surface area contributed by atoms with Crippen LogP contribution < -0.4 is 0 Å². The summed E-state index contributed by atoms with van der Waals surface area (Å²) in [6.45, 7) is 11.2. The number of epoxide rings is 1. The molecule has 0 aromatic carbocycles. The van der Waals surface area contributed by atoms with Crippen LogP contribution in [0.25, 0.3) is 0 Å². The topological polar surface area (TPSA) is 85.4 Å². The number of esters is 2. The van der Waals surface area contributed by atoms with Gasteiger partial charge in [-0.2, -0.15) is 0 Å². The average Bonchev–Trinajstić information content (AvgIpc) is 3.28. The molecule has 6 heteroatoms. The van der Waals surface area contributed by atoms with Crippen molar-refractivity contribution in [3.63, 3.8) is 0 Å². The van der Waals surface area contributed by atoms with E-state index >= 15 is 0 Å². The summed E-state index contributed by atoms with van der Waals surface area (Å²) in [7, 11) is 1.34. The first-order chi connectivity index (χ1) is 13.5. The maximum absolute atomic E-state index is 12.1. The second-order valence-electron chi connectivity index (χ2n) is 8.99. The predicted octanol–water partition coefficient (Wildman–Crippen LogP) is 3.86. The van der Waals surface area contributed by atoms with E-state index in [0.717, 1.165) is 19.3 Å². The number of fused-ring (bicyclic) bond motifs is 1. The Morgan fingerprint density at radius 3 is 2.59 bits per heavy atom. The maximum atomic E-state index is 12.1. The summed E-state index contributed by atoms with van der Waals surface area (Å²) in [6, 6.07) is 0. The molecule has 1 aliphatic heterocycles. The number of aliphatic hydroxyl groups is 1. The van der Waals surface area contributed by atoms with Crippen LogP contribution in [0.4, 0.5) is 0 Å². The summed E-state index contributed by atoms with van der Waals surface area (Å²) in [5.41, 5.74) is 0.220. The standard InChI is InChI=1S/C23H36O6/c1-15-8-7-12-23(5)20(29-23)14-18(16(2)21(25)27-6)11-13-22(4,26)19(10-9-15)28-17(3)24/h8,18-20,26H,2,7,9-14H2,1,3-6H3/b15-8+/t18-,19-,20+,22-,23+/m1/s1. The summed E-state index contributed by atoms with van der Waals surface area (Å²) < 4.78 is 16.3. The highest BCUT2D eigenvalue weighted by Gasteiger charge is 2.52. The molecule has 0 aromatic heterocycles. The monoisotopic (exact) mass is 408 g/mol. The van der Waals surface area contributed by atoms with Gasteiger partial charge in [-0.05, 0) is 71.6 Å². The van der Waals surface area contributed by atoms with E-state index in [1.165, 1.54) is 19.6 Å². The van der Waals surface area contributed by atoms with E-state index in [1.54, 1.807) is 6.92 Å². The minimum atomic E-state index is -1.21. The minimum Gasteiger partial charge on any atom is -0.466 e. The number of carbonyl (C=O) groups is 2. The van der Waals surface area contributed by atoms with Crippen molar-refractivity contribution in [3.8, 4) is 0 Å². The fraction of sp³-hybridized carbons (Fsp3) is 0.739. The number of methoxy groups -OCH3 is 1. The van der Waals surface area contributed by atoms with Crippen LogP contribution in [-0.4, -0.2) is 47.6 Å². The third-order valence-electron chi connectivity index (χ3n) is 6.41. The van der Waals surface area contributed by atoms with Crippen LogP contribution in [0.5, 0.6) is 0 Å². The number of rotatable bonds is 3. The molecule has 1 aliphatic carbocycles. The third kappa shape index (κ3) is 6.41. The molecular weight excluding hydrogens is 372 g/mol. The number of carbonyl (C=O) groups excluding carboxylic acids is 2. The smallest absolute Gasteiger partial charge is 0.333 e. The van der Waals surface area contributed by atoms with Gasteiger partial charge in [-0.15, -0.1) is 0 Å². The van der Waals surface area contributed by atoms with Crippen molar-refractivity contribution < 1.29 is 28.9 Å². The lowest BCUT2D eigenvalue weighted by Crippen LogP contribution is -2.42. The molecule has 0 aromatic rings. The average molecular weight is 409 g/mol. The van der Waals surface area contributed by atoms with Crippen LogP contribution in [0.1, 0.15) is 72.6 Å². The summed E-state index contributed by atoms with van der Waals surface area (Å²) in [5, 5.41) is 11.1. The first kappa shape index (κ1) is 23.6.